The van der Waals surface area contributed by atoms with E-state index < -0.39 is 18.2 Å². The second-order valence-electron chi connectivity index (χ2n) is 15.9. The number of aliphatic hydroxyl groups excluding tert-OH is 1. The molecule has 11 nitrogen and oxygen atoms in total. The second-order valence-corrected chi connectivity index (χ2v) is 15.9. The number of ketones is 2. The maximum Gasteiger partial charge on any atom is 0.410 e. The first-order chi connectivity index (χ1) is 29.7. The lowest BCUT2D eigenvalue weighted by atomic mass is 9.99. The van der Waals surface area contributed by atoms with Gasteiger partial charge in [-0.25, -0.2) is 4.79 Å². The molecule has 3 rings (SSSR count). The molecule has 0 bridgehead atoms. The van der Waals surface area contributed by atoms with Crippen molar-refractivity contribution in [3.05, 3.63) is 71.8 Å². The van der Waals surface area contributed by atoms with Gasteiger partial charge in [-0.2, -0.15) is 0 Å². The molecule has 0 radical (unpaired) electrons. The summed E-state index contributed by atoms with van der Waals surface area (Å²) in [5, 5.41) is 9.88. The number of aliphatic hydroxyl groups is 1. The van der Waals surface area contributed by atoms with Crippen LogP contribution in [0.3, 0.4) is 0 Å². The fraction of sp³-hybridized carbons (Fsp3) is 0.667. The third kappa shape index (κ3) is 31.7. The molecule has 2 aromatic rings. The number of benzene rings is 2. The molecule has 0 spiro atoms. The fourth-order valence-electron chi connectivity index (χ4n) is 6.12. The van der Waals surface area contributed by atoms with E-state index in [-0.39, 0.29) is 36.0 Å². The summed E-state index contributed by atoms with van der Waals surface area (Å²) in [6.07, 6.45) is 12.5. The Hall–Kier alpha value is -4.09. The van der Waals surface area contributed by atoms with Crippen molar-refractivity contribution in [3.63, 3.8) is 0 Å². The monoisotopic (exact) mass is 871 g/mol. The summed E-state index contributed by atoms with van der Waals surface area (Å²) < 4.78 is 5.39. The SMILES string of the molecule is CC.CC(C)Cc1ccccc1.CCCC(=O)[C@H](CCCCN)NC(=O)[C@@H]1CCCN1C(=O)OCc1ccccc1.CCCCC(=O)[C@H](C)CC.CCCCC(C)C(N)=O.CO. The summed E-state index contributed by atoms with van der Waals surface area (Å²) in [5.41, 5.74) is 12.9. The van der Waals surface area contributed by atoms with Crippen LogP contribution in [0.4, 0.5) is 4.79 Å². The molecule has 4 atom stereocenters. The summed E-state index contributed by atoms with van der Waals surface area (Å²) in [4.78, 5) is 60.8. The van der Waals surface area contributed by atoms with Gasteiger partial charge >= 0.3 is 6.09 Å². The predicted molar refractivity (Wildman–Crippen MR) is 257 cm³/mol. The Morgan fingerprint density at radius 1 is 0.742 bits per heavy atom. The third-order valence-corrected chi connectivity index (χ3v) is 10.0. The molecule has 11 heteroatoms. The van der Waals surface area contributed by atoms with Gasteiger partial charge in [-0.3, -0.25) is 24.1 Å². The first kappa shape index (κ1) is 62.2. The fourth-order valence-corrected chi connectivity index (χ4v) is 6.12. The van der Waals surface area contributed by atoms with Crippen molar-refractivity contribution in [2.75, 3.05) is 20.2 Å². The summed E-state index contributed by atoms with van der Waals surface area (Å²) in [6.45, 7) is 21.8. The van der Waals surface area contributed by atoms with E-state index in [2.05, 4.69) is 70.3 Å². The van der Waals surface area contributed by atoms with Crippen LogP contribution in [-0.2, 0) is 36.9 Å². The number of amides is 3. The highest BCUT2D eigenvalue weighted by Crippen LogP contribution is 2.20. The molecule has 1 unspecified atom stereocenters. The first-order valence-electron chi connectivity index (χ1n) is 23.6. The molecule has 0 saturated carbocycles. The number of likely N-dealkylation sites (tertiary alicyclic amines) is 1. The van der Waals surface area contributed by atoms with Crippen LogP contribution in [0, 0.1) is 17.8 Å². The Bertz CT molecular complexity index is 1390. The minimum Gasteiger partial charge on any atom is -0.445 e. The molecule has 6 N–H and O–H groups in total. The molecule has 2 aromatic carbocycles. The molecule has 1 aliphatic rings. The Kier molecular flexibility index (Phi) is 42.4. The lowest BCUT2D eigenvalue weighted by molar-refractivity contribution is -0.130. The number of nitrogens with zero attached hydrogens (tertiary/aromatic N) is 1. The second kappa shape index (κ2) is 42.2. The van der Waals surface area contributed by atoms with E-state index in [4.69, 9.17) is 21.3 Å². The lowest BCUT2D eigenvalue weighted by Crippen LogP contribution is -2.51. The van der Waals surface area contributed by atoms with E-state index in [0.717, 1.165) is 89.2 Å². The van der Waals surface area contributed by atoms with E-state index in [1.807, 2.05) is 65.0 Å². The Balaban J connectivity index is -0.000000861. The lowest BCUT2D eigenvalue weighted by Gasteiger charge is -2.26. The van der Waals surface area contributed by atoms with Crippen molar-refractivity contribution in [2.45, 2.75) is 184 Å². The molecule has 1 fully saturated rings. The number of hydrogen-bond acceptors (Lipinski definition) is 8. The highest BCUT2D eigenvalue weighted by atomic mass is 16.6. The smallest absolute Gasteiger partial charge is 0.410 e. The van der Waals surface area contributed by atoms with Crippen molar-refractivity contribution >= 4 is 29.5 Å². The average Bonchev–Trinajstić information content (AvgIpc) is 3.79. The van der Waals surface area contributed by atoms with Gasteiger partial charge in [0.05, 0.1) is 6.04 Å². The molecule has 356 valence electrons. The van der Waals surface area contributed by atoms with Crippen LogP contribution in [-0.4, -0.2) is 71.8 Å². The summed E-state index contributed by atoms with van der Waals surface area (Å²) >= 11 is 0. The molecule has 0 aromatic heterocycles. The number of ether oxygens (including phenoxy) is 1. The number of unbranched alkanes of at least 4 members (excludes halogenated alkanes) is 3. The van der Waals surface area contributed by atoms with E-state index in [1.54, 1.807) is 0 Å². The highest BCUT2D eigenvalue weighted by molar-refractivity contribution is 5.92. The van der Waals surface area contributed by atoms with Crippen molar-refractivity contribution < 1.29 is 33.8 Å². The van der Waals surface area contributed by atoms with Gasteiger partial charge in [0.1, 0.15) is 18.4 Å². The van der Waals surface area contributed by atoms with Crippen molar-refractivity contribution in [1.29, 1.82) is 0 Å². The average molecular weight is 871 g/mol. The normalized spacial score (nSPS) is 13.8. The molecular weight excluding hydrogens is 781 g/mol. The van der Waals surface area contributed by atoms with Crippen molar-refractivity contribution in [2.24, 2.45) is 29.2 Å². The van der Waals surface area contributed by atoms with Gasteiger partial charge in [0, 0.05) is 38.3 Å². The molecule has 0 aliphatic carbocycles. The number of nitrogens with one attached hydrogen (secondary N) is 1. The minimum absolute atomic E-state index is 0.0362. The summed E-state index contributed by atoms with van der Waals surface area (Å²) in [7, 11) is 1.00. The molecule has 62 heavy (non-hydrogen) atoms. The van der Waals surface area contributed by atoms with E-state index in [0.29, 0.717) is 38.1 Å². The van der Waals surface area contributed by atoms with Crippen LogP contribution in [0.1, 0.15) is 170 Å². The number of Topliss-reactive ketones (excluding diaryl/α,β-unsaturated/α-hetero) is 2. The Morgan fingerprint density at radius 3 is 1.79 bits per heavy atom. The van der Waals surface area contributed by atoms with E-state index >= 15 is 0 Å². The third-order valence-electron chi connectivity index (χ3n) is 10.0. The number of primary amides is 1. The van der Waals surface area contributed by atoms with Crippen LogP contribution in [0.15, 0.2) is 60.7 Å². The maximum atomic E-state index is 12.8. The van der Waals surface area contributed by atoms with Crippen LogP contribution in [0.25, 0.3) is 0 Å². The minimum atomic E-state index is -0.593. The van der Waals surface area contributed by atoms with Crippen LogP contribution >= 0.6 is 0 Å². The van der Waals surface area contributed by atoms with E-state index in [9.17, 15) is 24.0 Å². The van der Waals surface area contributed by atoms with Gasteiger partial charge in [-0.05, 0) is 87.8 Å². The molecule has 1 heterocycles. The predicted octanol–water partition coefficient (Wildman–Crippen LogP) is 10.4. The number of carbonyl (C=O) groups excluding carboxylic acids is 5. The maximum absolute atomic E-state index is 12.8. The number of carbonyl (C=O) groups is 5. The summed E-state index contributed by atoms with van der Waals surface area (Å²) in [6, 6.07) is 18.9. The largest absolute Gasteiger partial charge is 0.445 e. The summed E-state index contributed by atoms with van der Waals surface area (Å²) in [5.74, 6) is 1.13. The van der Waals surface area contributed by atoms with Crippen LogP contribution < -0.4 is 16.8 Å². The Morgan fingerprint density at radius 2 is 1.31 bits per heavy atom. The standard InChI is InChI=1S/C22H33N3O4.C10H14.C9H18O.C7H15NO.C2H6.CH4O/c1-2-9-20(26)18(12-6-7-14-23)24-21(27)19-13-8-15-25(19)22(28)29-16-17-10-4-3-5-11-17;1-9(2)8-10-6-4-3-5-7-10;1-4-6-7-9(10)8(3)5-2;1-3-4-5-6(2)7(8)9;2*1-2/h3-5,10-11,18-19H,2,6-9,12-16,23H2,1H3,(H,24,27);3-7,9H,8H2,1-2H3;8H,4-7H2,1-3H3;6H,3-5H2,1-2H3,(H2,8,9);1-2H3;2H,1H3/t18-,19-;;8-;;;/m0.1.../s1. The van der Waals surface area contributed by atoms with Gasteiger partial charge in [0.25, 0.3) is 0 Å². The van der Waals surface area contributed by atoms with Gasteiger partial charge in [-0.1, -0.05) is 149 Å². The van der Waals surface area contributed by atoms with E-state index in [1.165, 1.54) is 16.9 Å². The molecular formula is C51H90N4O7. The number of rotatable bonds is 22. The van der Waals surface area contributed by atoms with Gasteiger partial charge in [0.15, 0.2) is 5.78 Å². The van der Waals surface area contributed by atoms with Crippen LogP contribution in [0.5, 0.6) is 0 Å². The van der Waals surface area contributed by atoms with Gasteiger partial charge in [-0.15, -0.1) is 0 Å². The van der Waals surface area contributed by atoms with Crippen LogP contribution in [0.2, 0.25) is 0 Å². The van der Waals surface area contributed by atoms with Gasteiger partial charge in [0.2, 0.25) is 11.8 Å². The van der Waals surface area contributed by atoms with Crippen molar-refractivity contribution in [1.82, 2.24) is 10.2 Å². The zero-order valence-electron chi connectivity index (χ0n) is 40.9. The Labute approximate surface area is 377 Å². The number of nitrogens with two attached hydrogens (primary N) is 2. The number of hydrogen-bond donors (Lipinski definition) is 4. The van der Waals surface area contributed by atoms with Crippen molar-refractivity contribution in [3.8, 4) is 0 Å². The first-order valence-corrected chi connectivity index (χ1v) is 23.6. The molecule has 3 amide bonds. The zero-order chi connectivity index (χ0) is 47.7. The zero-order valence-corrected chi connectivity index (χ0v) is 40.9. The molecule has 1 saturated heterocycles. The topological polar surface area (TPSA) is 182 Å². The highest BCUT2D eigenvalue weighted by Gasteiger charge is 2.36. The van der Waals surface area contributed by atoms with Gasteiger partial charge < -0.3 is 26.6 Å². The quantitative estimate of drug-likeness (QED) is 0.0843. The molecule has 1 aliphatic heterocycles.